The molecule has 3 saturated heterocycles. The van der Waals surface area contributed by atoms with Crippen molar-refractivity contribution < 1.29 is 29.3 Å². The van der Waals surface area contributed by atoms with Crippen LogP contribution in [0.3, 0.4) is 0 Å². The number of aliphatic hydroxyl groups is 1. The molecule has 7 atom stereocenters. The zero-order valence-electron chi connectivity index (χ0n) is 18.6. The number of carboxylic acid groups (broad SMARTS) is 1. The molecule has 3 fully saturated rings. The van der Waals surface area contributed by atoms with Gasteiger partial charge >= 0.3 is 5.97 Å². The Morgan fingerprint density at radius 2 is 2.03 bits per heavy atom. The van der Waals surface area contributed by atoms with E-state index < -0.39 is 54.1 Å². The summed E-state index contributed by atoms with van der Waals surface area (Å²) in [4.78, 5) is 42.9. The molecule has 8 nitrogen and oxygen atoms in total. The van der Waals surface area contributed by atoms with Gasteiger partial charge in [0, 0.05) is 17.4 Å². The maximum absolute atomic E-state index is 14.1. The number of hydrogen-bond donors (Lipinski definition) is 2. The molecular weight excluding hydrogens is 492 g/mol. The minimum atomic E-state index is -1.29. The summed E-state index contributed by atoms with van der Waals surface area (Å²) in [7, 11) is 0. The van der Waals surface area contributed by atoms with Gasteiger partial charge in [-0.15, -0.1) is 6.58 Å². The van der Waals surface area contributed by atoms with E-state index in [1.165, 1.54) is 4.90 Å². The number of aliphatic hydroxyl groups excluding tert-OH is 1. The lowest BCUT2D eigenvalue weighted by atomic mass is 9.70. The van der Waals surface area contributed by atoms with Crippen molar-refractivity contribution >= 4 is 33.7 Å². The first kappa shape index (κ1) is 23.9. The highest BCUT2D eigenvalue weighted by molar-refractivity contribution is 9.09. The maximum Gasteiger partial charge on any atom is 0.310 e. The second-order valence-corrected chi connectivity index (χ2v) is 10.4. The number of hydrogen-bond acceptors (Lipinski definition) is 5. The van der Waals surface area contributed by atoms with Crippen LogP contribution >= 0.6 is 15.9 Å². The van der Waals surface area contributed by atoms with E-state index in [0.29, 0.717) is 12.0 Å². The molecule has 0 aliphatic carbocycles. The van der Waals surface area contributed by atoms with Crippen molar-refractivity contribution in [3.05, 3.63) is 48.6 Å². The van der Waals surface area contributed by atoms with Crippen LogP contribution in [0, 0.1) is 11.8 Å². The number of likely N-dealkylation sites (tertiary alicyclic amines) is 1. The number of carbonyl (C=O) groups excluding carboxylic acids is 2. The van der Waals surface area contributed by atoms with E-state index in [-0.39, 0.29) is 23.3 Å². The van der Waals surface area contributed by atoms with Gasteiger partial charge in [-0.2, -0.15) is 0 Å². The molecule has 2 N–H and O–H groups in total. The summed E-state index contributed by atoms with van der Waals surface area (Å²) in [6.45, 7) is 7.36. The quantitative estimate of drug-likeness (QED) is 0.400. The fourth-order valence-electron chi connectivity index (χ4n) is 5.85. The lowest BCUT2D eigenvalue weighted by Gasteiger charge is -2.40. The fraction of sp³-hybridized carbons (Fsp3) is 0.542. The molecule has 1 aromatic rings. The SMILES string of the molecule is C=CCN(C(=O)[C@H]1N([C@H](CO)c2ccccc2)C(=O)[C@@H]2[C@@H](C(=O)O)[C@@H]3O[C@@]21CC3Br)C(C)C. The molecule has 33 heavy (non-hydrogen) atoms. The second kappa shape index (κ2) is 8.85. The normalized spacial score (nSPS) is 33.3. The Morgan fingerprint density at radius 1 is 1.36 bits per heavy atom. The van der Waals surface area contributed by atoms with E-state index in [0.717, 1.165) is 0 Å². The molecule has 2 bridgehead atoms. The first-order chi connectivity index (χ1) is 15.7. The summed E-state index contributed by atoms with van der Waals surface area (Å²) < 4.78 is 6.30. The molecule has 1 unspecified atom stereocenters. The zero-order valence-corrected chi connectivity index (χ0v) is 20.2. The van der Waals surface area contributed by atoms with Gasteiger partial charge in [0.1, 0.15) is 11.6 Å². The smallest absolute Gasteiger partial charge is 0.310 e. The predicted octanol–water partition coefficient (Wildman–Crippen LogP) is 1.98. The molecule has 0 saturated carbocycles. The van der Waals surface area contributed by atoms with Crippen molar-refractivity contribution in [3.63, 3.8) is 0 Å². The van der Waals surface area contributed by atoms with Gasteiger partial charge in [0.05, 0.1) is 30.6 Å². The molecule has 3 aliphatic heterocycles. The van der Waals surface area contributed by atoms with Gasteiger partial charge in [0.15, 0.2) is 0 Å². The number of alkyl halides is 1. The predicted molar refractivity (Wildman–Crippen MR) is 124 cm³/mol. The van der Waals surface area contributed by atoms with Gasteiger partial charge in [-0.1, -0.05) is 52.3 Å². The molecule has 1 spiro atoms. The number of amides is 2. The van der Waals surface area contributed by atoms with Crippen molar-refractivity contribution in [2.45, 2.75) is 54.9 Å². The molecule has 1 aromatic carbocycles. The van der Waals surface area contributed by atoms with Crippen LogP contribution in [0.4, 0.5) is 0 Å². The van der Waals surface area contributed by atoms with Crippen molar-refractivity contribution in [1.82, 2.24) is 9.80 Å². The highest BCUT2D eigenvalue weighted by Crippen LogP contribution is 2.61. The number of rotatable bonds is 8. The summed E-state index contributed by atoms with van der Waals surface area (Å²) in [5.74, 6) is -3.99. The van der Waals surface area contributed by atoms with Crippen LogP contribution in [0.25, 0.3) is 0 Å². The Bertz CT molecular complexity index is 956. The Balaban J connectivity index is 1.88. The number of carboxylic acids is 1. The number of benzene rings is 1. The van der Waals surface area contributed by atoms with Gasteiger partial charge in [0.2, 0.25) is 11.8 Å². The number of nitrogens with zero attached hydrogens (tertiary/aromatic N) is 2. The zero-order chi connectivity index (χ0) is 24.1. The Hall–Kier alpha value is -2.23. The summed E-state index contributed by atoms with van der Waals surface area (Å²) >= 11 is 3.54. The molecule has 0 aromatic heterocycles. The molecular formula is C24H29BrN2O6. The van der Waals surface area contributed by atoms with Crippen molar-refractivity contribution in [2.75, 3.05) is 13.2 Å². The van der Waals surface area contributed by atoms with Crippen LogP contribution in [0.2, 0.25) is 0 Å². The van der Waals surface area contributed by atoms with Crippen molar-refractivity contribution in [1.29, 1.82) is 0 Å². The Kier molecular flexibility index (Phi) is 6.41. The van der Waals surface area contributed by atoms with Crippen LogP contribution in [0.1, 0.15) is 31.9 Å². The molecule has 3 heterocycles. The van der Waals surface area contributed by atoms with Crippen molar-refractivity contribution in [2.24, 2.45) is 11.8 Å². The average Bonchev–Trinajstić information content (AvgIpc) is 3.37. The van der Waals surface area contributed by atoms with Gasteiger partial charge in [-0.3, -0.25) is 14.4 Å². The highest BCUT2D eigenvalue weighted by atomic mass is 79.9. The first-order valence-corrected chi connectivity index (χ1v) is 12.0. The van der Waals surface area contributed by atoms with Crippen LogP contribution in [-0.2, 0) is 19.1 Å². The number of fused-ring (bicyclic) bond motifs is 1. The third-order valence-electron chi connectivity index (χ3n) is 7.17. The first-order valence-electron chi connectivity index (χ1n) is 11.1. The van der Waals surface area contributed by atoms with E-state index in [1.54, 1.807) is 35.2 Å². The van der Waals surface area contributed by atoms with Gasteiger partial charge in [0.25, 0.3) is 0 Å². The minimum absolute atomic E-state index is 0.180. The largest absolute Gasteiger partial charge is 0.481 e. The standard InChI is InChI=1S/C24H29BrN2O6/c1-4-10-26(13(2)3)22(30)20-24-11-15(25)19(33-24)17(23(31)32)18(24)21(29)27(20)16(12-28)14-8-6-5-7-9-14/h4-9,13,15-20,28H,1,10-12H2,2-3H3,(H,31,32)/t15?,16-,17-,18+,19-,20-,24+/m1/s1. The van der Waals surface area contributed by atoms with E-state index >= 15 is 0 Å². The monoisotopic (exact) mass is 520 g/mol. The van der Waals surface area contributed by atoms with Gasteiger partial charge in [-0.25, -0.2) is 0 Å². The Labute approximate surface area is 201 Å². The molecule has 0 radical (unpaired) electrons. The van der Waals surface area contributed by atoms with Crippen LogP contribution < -0.4 is 0 Å². The van der Waals surface area contributed by atoms with Crippen LogP contribution in [-0.4, -0.2) is 79.6 Å². The van der Waals surface area contributed by atoms with E-state index in [2.05, 4.69) is 22.5 Å². The minimum Gasteiger partial charge on any atom is -0.481 e. The fourth-order valence-corrected chi connectivity index (χ4v) is 6.79. The summed E-state index contributed by atoms with van der Waals surface area (Å²) in [5.41, 5.74) is -0.619. The molecule has 178 valence electrons. The van der Waals surface area contributed by atoms with E-state index in [4.69, 9.17) is 4.74 Å². The van der Waals surface area contributed by atoms with Crippen LogP contribution in [0.15, 0.2) is 43.0 Å². The third-order valence-corrected chi connectivity index (χ3v) is 8.02. The third kappa shape index (κ3) is 3.52. The van der Waals surface area contributed by atoms with Crippen LogP contribution in [0.5, 0.6) is 0 Å². The summed E-state index contributed by atoms with van der Waals surface area (Å²) in [6.07, 6.45) is 1.25. The van der Waals surface area contributed by atoms with Gasteiger partial charge in [-0.05, 0) is 25.8 Å². The number of carbonyl (C=O) groups is 3. The van der Waals surface area contributed by atoms with E-state index in [9.17, 15) is 24.6 Å². The second-order valence-electron chi connectivity index (χ2n) is 9.23. The average molecular weight is 521 g/mol. The lowest BCUT2D eigenvalue weighted by Crippen LogP contribution is -2.58. The van der Waals surface area contributed by atoms with E-state index in [1.807, 2.05) is 19.9 Å². The number of ether oxygens (including phenoxy) is 1. The molecule has 9 heteroatoms. The summed E-state index contributed by atoms with van der Waals surface area (Å²) in [6, 6.07) is 6.93. The summed E-state index contributed by atoms with van der Waals surface area (Å²) in [5, 5.41) is 20.4. The number of halogens is 1. The molecule has 3 aliphatic rings. The van der Waals surface area contributed by atoms with Crippen molar-refractivity contribution in [3.8, 4) is 0 Å². The maximum atomic E-state index is 14.1. The number of aliphatic carboxylic acids is 1. The highest BCUT2D eigenvalue weighted by Gasteiger charge is 2.77. The molecule has 4 rings (SSSR count). The topological polar surface area (TPSA) is 107 Å². The lowest BCUT2D eigenvalue weighted by molar-refractivity contribution is -0.154. The Morgan fingerprint density at radius 3 is 2.58 bits per heavy atom. The van der Waals surface area contributed by atoms with Gasteiger partial charge < -0.3 is 24.7 Å². The molecule has 2 amide bonds.